The van der Waals surface area contributed by atoms with Crippen molar-refractivity contribution in [1.82, 2.24) is 0 Å². The minimum atomic E-state index is -0.118. The van der Waals surface area contributed by atoms with Gasteiger partial charge in [0.2, 0.25) is 0 Å². The van der Waals surface area contributed by atoms with Gasteiger partial charge in [-0.15, -0.1) is 0 Å². The molecule has 86 valence electrons. The fourth-order valence-electron chi connectivity index (χ4n) is 1.44. The number of ketones is 1. The number of carbonyl (C=O) groups excluding carboxylic acids is 1. The molecule has 2 rings (SSSR count). The van der Waals surface area contributed by atoms with E-state index >= 15 is 0 Å². The Morgan fingerprint density at radius 2 is 1.71 bits per heavy atom. The number of hydrogen-bond acceptors (Lipinski definition) is 1. The molecule has 0 spiro atoms. The molecule has 0 aliphatic heterocycles. The van der Waals surface area contributed by atoms with Gasteiger partial charge in [0.15, 0.2) is 5.78 Å². The van der Waals surface area contributed by atoms with Gasteiger partial charge in [0.25, 0.3) is 0 Å². The van der Waals surface area contributed by atoms with E-state index < -0.39 is 0 Å². The zero-order chi connectivity index (χ0) is 12.4. The van der Waals surface area contributed by atoms with E-state index in [-0.39, 0.29) is 5.78 Å². The Morgan fingerprint density at radius 3 is 2.35 bits per heavy atom. The summed E-state index contributed by atoms with van der Waals surface area (Å²) in [7, 11) is 0. The minimum Gasteiger partial charge on any atom is -0.289 e. The Kier molecular flexibility index (Phi) is 3.87. The molecule has 0 heterocycles. The lowest BCUT2D eigenvalue weighted by Gasteiger charge is -2.04. The monoisotopic (exact) mass is 328 g/mol. The molecule has 17 heavy (non-hydrogen) atoms. The van der Waals surface area contributed by atoms with Crippen LogP contribution >= 0.6 is 39.1 Å². The molecule has 1 nitrogen and oxygen atoms in total. The van der Waals surface area contributed by atoms with Gasteiger partial charge in [-0.05, 0) is 46.3 Å². The molecule has 0 N–H and O–H groups in total. The van der Waals surface area contributed by atoms with Crippen LogP contribution in [-0.2, 0) is 0 Å². The van der Waals surface area contributed by atoms with Crippen molar-refractivity contribution < 1.29 is 4.79 Å². The molecule has 0 fully saturated rings. The molecule has 0 aliphatic carbocycles. The summed E-state index contributed by atoms with van der Waals surface area (Å²) in [6.45, 7) is 0. The summed E-state index contributed by atoms with van der Waals surface area (Å²) in [4.78, 5) is 12.2. The maximum absolute atomic E-state index is 12.2. The van der Waals surface area contributed by atoms with Crippen LogP contribution in [-0.4, -0.2) is 5.78 Å². The van der Waals surface area contributed by atoms with E-state index in [0.717, 1.165) is 0 Å². The first-order valence-corrected chi connectivity index (χ1v) is 6.39. The van der Waals surface area contributed by atoms with Crippen molar-refractivity contribution in [2.45, 2.75) is 0 Å². The van der Waals surface area contributed by atoms with Crippen molar-refractivity contribution in [1.29, 1.82) is 0 Å². The predicted molar refractivity (Wildman–Crippen MR) is 74.0 cm³/mol. The van der Waals surface area contributed by atoms with Gasteiger partial charge in [-0.3, -0.25) is 4.79 Å². The van der Waals surface area contributed by atoms with Crippen LogP contribution in [0.1, 0.15) is 15.9 Å². The van der Waals surface area contributed by atoms with Crippen molar-refractivity contribution in [2.75, 3.05) is 0 Å². The Morgan fingerprint density at radius 1 is 1.00 bits per heavy atom. The summed E-state index contributed by atoms with van der Waals surface area (Å²) in [5.74, 6) is -0.118. The van der Waals surface area contributed by atoms with Crippen LogP contribution in [0.2, 0.25) is 10.0 Å². The molecule has 0 aromatic heterocycles. The summed E-state index contributed by atoms with van der Waals surface area (Å²) in [5, 5.41) is 1.02. The number of benzene rings is 2. The molecular weight excluding hydrogens is 323 g/mol. The number of rotatable bonds is 2. The van der Waals surface area contributed by atoms with Gasteiger partial charge in [-0.1, -0.05) is 35.3 Å². The van der Waals surface area contributed by atoms with Crippen LogP contribution < -0.4 is 0 Å². The SMILES string of the molecule is O=C(c1ccc(Cl)c(Br)c1)c1ccccc1Cl. The van der Waals surface area contributed by atoms with E-state index in [4.69, 9.17) is 23.2 Å². The molecule has 0 amide bonds. The Labute approximate surface area is 117 Å². The third-order valence-corrected chi connectivity index (χ3v) is 3.84. The summed E-state index contributed by atoms with van der Waals surface area (Å²) in [5.41, 5.74) is 1.04. The van der Waals surface area contributed by atoms with Crippen molar-refractivity contribution in [2.24, 2.45) is 0 Å². The fourth-order valence-corrected chi connectivity index (χ4v) is 2.16. The van der Waals surface area contributed by atoms with E-state index in [1.54, 1.807) is 42.5 Å². The van der Waals surface area contributed by atoms with Gasteiger partial charge in [0, 0.05) is 15.6 Å². The average molecular weight is 330 g/mol. The normalized spacial score (nSPS) is 10.3. The quantitative estimate of drug-likeness (QED) is 0.709. The first-order valence-electron chi connectivity index (χ1n) is 4.84. The molecule has 4 heteroatoms. The second-order valence-electron chi connectivity index (χ2n) is 3.44. The molecule has 0 bridgehead atoms. The van der Waals surface area contributed by atoms with E-state index in [0.29, 0.717) is 25.6 Å². The maximum atomic E-state index is 12.2. The second-order valence-corrected chi connectivity index (χ2v) is 5.11. The predicted octanol–water partition coefficient (Wildman–Crippen LogP) is 4.99. The fraction of sp³-hybridized carbons (Fsp3) is 0. The smallest absolute Gasteiger partial charge is 0.194 e. The highest BCUT2D eigenvalue weighted by Crippen LogP contribution is 2.26. The van der Waals surface area contributed by atoms with Crippen LogP contribution in [0, 0.1) is 0 Å². The van der Waals surface area contributed by atoms with Crippen molar-refractivity contribution in [3.63, 3.8) is 0 Å². The Bertz CT molecular complexity index is 581. The van der Waals surface area contributed by atoms with Crippen LogP contribution in [0.4, 0.5) is 0 Å². The summed E-state index contributed by atoms with van der Waals surface area (Å²) in [6, 6.07) is 12.0. The minimum absolute atomic E-state index is 0.118. The largest absolute Gasteiger partial charge is 0.289 e. The van der Waals surface area contributed by atoms with Crippen molar-refractivity contribution >= 4 is 44.9 Å². The zero-order valence-corrected chi connectivity index (χ0v) is 11.7. The molecule has 0 radical (unpaired) electrons. The van der Waals surface area contributed by atoms with Gasteiger partial charge in [0.1, 0.15) is 0 Å². The van der Waals surface area contributed by atoms with Crippen molar-refractivity contribution in [3.05, 3.63) is 68.1 Å². The van der Waals surface area contributed by atoms with Gasteiger partial charge in [0.05, 0.1) is 10.0 Å². The first kappa shape index (κ1) is 12.6. The third kappa shape index (κ3) is 2.71. The molecular formula is C13H7BrCl2O. The van der Waals surface area contributed by atoms with Gasteiger partial charge in [-0.2, -0.15) is 0 Å². The average Bonchev–Trinajstić information content (AvgIpc) is 2.32. The lowest BCUT2D eigenvalue weighted by molar-refractivity contribution is 0.103. The van der Waals surface area contributed by atoms with Crippen LogP contribution in [0.3, 0.4) is 0 Å². The first-order chi connectivity index (χ1) is 8.09. The van der Waals surface area contributed by atoms with E-state index in [9.17, 15) is 4.79 Å². The Balaban J connectivity index is 2.44. The molecule has 0 saturated carbocycles. The molecule has 2 aromatic carbocycles. The lowest BCUT2D eigenvalue weighted by atomic mass is 10.0. The Hall–Kier alpha value is -0.830. The van der Waals surface area contributed by atoms with E-state index in [1.807, 2.05) is 0 Å². The van der Waals surface area contributed by atoms with Crippen LogP contribution in [0.5, 0.6) is 0 Å². The molecule has 0 aliphatic rings. The molecule has 0 saturated heterocycles. The van der Waals surface area contributed by atoms with Crippen LogP contribution in [0.15, 0.2) is 46.9 Å². The third-order valence-electron chi connectivity index (χ3n) is 2.30. The molecule has 0 unspecified atom stereocenters. The van der Waals surface area contributed by atoms with Gasteiger partial charge in [-0.25, -0.2) is 0 Å². The summed E-state index contributed by atoms with van der Waals surface area (Å²) < 4.78 is 0.692. The highest BCUT2D eigenvalue weighted by molar-refractivity contribution is 9.10. The highest BCUT2D eigenvalue weighted by Gasteiger charge is 2.13. The topological polar surface area (TPSA) is 17.1 Å². The zero-order valence-electron chi connectivity index (χ0n) is 8.58. The number of hydrogen-bond donors (Lipinski definition) is 0. The number of carbonyl (C=O) groups is 1. The van der Waals surface area contributed by atoms with Gasteiger partial charge >= 0.3 is 0 Å². The van der Waals surface area contributed by atoms with E-state index in [1.165, 1.54) is 0 Å². The second kappa shape index (κ2) is 5.21. The van der Waals surface area contributed by atoms with Crippen LogP contribution in [0.25, 0.3) is 0 Å². The van der Waals surface area contributed by atoms with Gasteiger partial charge < -0.3 is 0 Å². The lowest BCUT2D eigenvalue weighted by Crippen LogP contribution is -2.01. The summed E-state index contributed by atoms with van der Waals surface area (Å²) >= 11 is 15.1. The maximum Gasteiger partial charge on any atom is 0.194 e. The summed E-state index contributed by atoms with van der Waals surface area (Å²) in [6.07, 6.45) is 0. The highest BCUT2D eigenvalue weighted by atomic mass is 79.9. The molecule has 0 atom stereocenters. The standard InChI is InChI=1S/C13H7BrCl2O/c14-10-7-8(5-6-12(10)16)13(17)9-3-1-2-4-11(9)15/h1-7H. The van der Waals surface area contributed by atoms with E-state index in [2.05, 4.69) is 15.9 Å². The molecule has 2 aromatic rings. The van der Waals surface area contributed by atoms with Crippen molar-refractivity contribution in [3.8, 4) is 0 Å². The number of halogens is 3.